The van der Waals surface area contributed by atoms with Gasteiger partial charge in [-0.05, 0) is 24.6 Å². The highest BCUT2D eigenvalue weighted by atomic mass is 32.2. The van der Waals surface area contributed by atoms with Gasteiger partial charge in [0.25, 0.3) is 5.56 Å². The van der Waals surface area contributed by atoms with Crippen LogP contribution < -0.4 is 5.56 Å². The van der Waals surface area contributed by atoms with Gasteiger partial charge in [-0.2, -0.15) is 0 Å². The van der Waals surface area contributed by atoms with E-state index in [4.69, 9.17) is 5.11 Å². The number of aromatic nitrogens is 3. The summed E-state index contributed by atoms with van der Waals surface area (Å²) in [7, 11) is 0. The Bertz CT molecular complexity index is 669. The molecule has 0 unspecified atom stereocenters. The van der Waals surface area contributed by atoms with Crippen LogP contribution in [-0.4, -0.2) is 26.0 Å². The summed E-state index contributed by atoms with van der Waals surface area (Å²) in [4.78, 5) is 32.6. The van der Waals surface area contributed by atoms with Crippen molar-refractivity contribution in [3.05, 3.63) is 51.7 Å². The van der Waals surface area contributed by atoms with Crippen molar-refractivity contribution in [1.82, 2.24) is 15.0 Å². The van der Waals surface area contributed by atoms with Gasteiger partial charge in [-0.1, -0.05) is 11.8 Å². The standard InChI is InChI=1S/C12H11N3O3S/c1-7-4-10(16)15-12(14-7)19-6-8-2-3-13-9(5-8)11(17)18/h2-5H,6H2,1H3,(H,17,18)(H,14,15,16). The van der Waals surface area contributed by atoms with Gasteiger partial charge in [0.2, 0.25) is 0 Å². The number of pyridine rings is 1. The minimum absolute atomic E-state index is 0.00351. The summed E-state index contributed by atoms with van der Waals surface area (Å²) in [6.07, 6.45) is 1.45. The number of hydrogen-bond donors (Lipinski definition) is 2. The lowest BCUT2D eigenvalue weighted by molar-refractivity contribution is 0.0690. The summed E-state index contributed by atoms with van der Waals surface area (Å²) in [6.45, 7) is 1.74. The first-order valence-electron chi connectivity index (χ1n) is 5.43. The van der Waals surface area contributed by atoms with Gasteiger partial charge in [0.15, 0.2) is 5.16 Å². The monoisotopic (exact) mass is 277 g/mol. The lowest BCUT2D eigenvalue weighted by Crippen LogP contribution is -2.08. The van der Waals surface area contributed by atoms with Crippen molar-refractivity contribution >= 4 is 17.7 Å². The molecule has 0 aliphatic carbocycles. The number of carboxylic acids is 1. The van der Waals surface area contributed by atoms with Crippen molar-refractivity contribution in [2.75, 3.05) is 0 Å². The number of H-pyrrole nitrogens is 1. The third kappa shape index (κ3) is 3.65. The van der Waals surface area contributed by atoms with Gasteiger partial charge in [0.05, 0.1) is 0 Å². The largest absolute Gasteiger partial charge is 0.477 e. The second kappa shape index (κ2) is 5.66. The Morgan fingerprint density at radius 1 is 1.47 bits per heavy atom. The van der Waals surface area contributed by atoms with Gasteiger partial charge in [-0.15, -0.1) is 0 Å². The molecule has 0 aromatic carbocycles. The molecule has 6 nitrogen and oxygen atoms in total. The highest BCUT2D eigenvalue weighted by molar-refractivity contribution is 7.98. The lowest BCUT2D eigenvalue weighted by Gasteiger charge is -2.02. The molecule has 0 amide bonds. The normalized spacial score (nSPS) is 10.4. The second-order valence-electron chi connectivity index (χ2n) is 3.84. The van der Waals surface area contributed by atoms with E-state index in [1.165, 1.54) is 30.1 Å². The van der Waals surface area contributed by atoms with Crippen LogP contribution >= 0.6 is 11.8 Å². The van der Waals surface area contributed by atoms with Gasteiger partial charge in [-0.3, -0.25) is 4.79 Å². The maximum Gasteiger partial charge on any atom is 0.354 e. The SMILES string of the molecule is Cc1cc(=O)[nH]c(SCc2ccnc(C(=O)O)c2)n1. The topological polar surface area (TPSA) is 95.9 Å². The van der Waals surface area contributed by atoms with E-state index in [1.54, 1.807) is 13.0 Å². The fourth-order valence-electron chi connectivity index (χ4n) is 1.45. The van der Waals surface area contributed by atoms with Crippen LogP contribution in [0, 0.1) is 6.92 Å². The van der Waals surface area contributed by atoms with E-state index in [0.29, 0.717) is 16.6 Å². The molecule has 0 spiro atoms. The molecule has 19 heavy (non-hydrogen) atoms. The average molecular weight is 277 g/mol. The predicted molar refractivity (Wildman–Crippen MR) is 70.4 cm³/mol. The van der Waals surface area contributed by atoms with Crippen LogP contribution in [-0.2, 0) is 5.75 Å². The van der Waals surface area contributed by atoms with Crippen LogP contribution in [0.4, 0.5) is 0 Å². The molecule has 7 heteroatoms. The number of nitrogens with one attached hydrogen (secondary N) is 1. The number of rotatable bonds is 4. The van der Waals surface area contributed by atoms with Crippen LogP contribution in [0.3, 0.4) is 0 Å². The number of aromatic carboxylic acids is 1. The number of hydrogen-bond acceptors (Lipinski definition) is 5. The van der Waals surface area contributed by atoms with Crippen molar-refractivity contribution in [2.24, 2.45) is 0 Å². The van der Waals surface area contributed by atoms with E-state index >= 15 is 0 Å². The maximum absolute atomic E-state index is 11.3. The quantitative estimate of drug-likeness (QED) is 0.649. The van der Waals surface area contributed by atoms with Crippen molar-refractivity contribution in [1.29, 1.82) is 0 Å². The molecule has 0 saturated carbocycles. The first-order valence-corrected chi connectivity index (χ1v) is 6.42. The van der Waals surface area contributed by atoms with Crippen LogP contribution in [0.5, 0.6) is 0 Å². The van der Waals surface area contributed by atoms with Gasteiger partial charge in [0, 0.05) is 23.7 Å². The fraction of sp³-hybridized carbons (Fsp3) is 0.167. The van der Waals surface area contributed by atoms with Crippen molar-refractivity contribution in [2.45, 2.75) is 17.8 Å². The number of aromatic amines is 1. The fourth-order valence-corrected chi connectivity index (χ4v) is 2.32. The number of nitrogens with zero attached hydrogens (tertiary/aromatic N) is 2. The molecule has 0 aliphatic rings. The molecule has 2 aromatic heterocycles. The molecule has 0 bridgehead atoms. The van der Waals surface area contributed by atoms with Crippen LogP contribution in [0.2, 0.25) is 0 Å². The Morgan fingerprint density at radius 3 is 2.95 bits per heavy atom. The Morgan fingerprint density at radius 2 is 2.26 bits per heavy atom. The molecule has 0 atom stereocenters. The Kier molecular flexibility index (Phi) is 3.96. The maximum atomic E-state index is 11.3. The number of carboxylic acid groups (broad SMARTS) is 1. The van der Waals surface area contributed by atoms with Gasteiger partial charge >= 0.3 is 5.97 Å². The average Bonchev–Trinajstić information content (AvgIpc) is 2.35. The molecular weight excluding hydrogens is 266 g/mol. The Balaban J connectivity index is 2.12. The zero-order chi connectivity index (χ0) is 13.8. The smallest absolute Gasteiger partial charge is 0.354 e. The molecule has 0 radical (unpaired) electrons. The van der Waals surface area contributed by atoms with Crippen molar-refractivity contribution in [3.8, 4) is 0 Å². The van der Waals surface area contributed by atoms with Gasteiger partial charge in [-0.25, -0.2) is 14.8 Å². The minimum Gasteiger partial charge on any atom is -0.477 e. The van der Waals surface area contributed by atoms with E-state index in [0.717, 1.165) is 5.56 Å². The zero-order valence-electron chi connectivity index (χ0n) is 10.1. The predicted octanol–water partition coefficient (Wildman–Crippen LogP) is 1.46. The number of carbonyl (C=O) groups is 1. The van der Waals surface area contributed by atoms with E-state index in [9.17, 15) is 9.59 Å². The first-order chi connectivity index (χ1) is 9.04. The van der Waals surface area contributed by atoms with E-state index in [2.05, 4.69) is 15.0 Å². The van der Waals surface area contributed by atoms with Crippen molar-refractivity contribution in [3.63, 3.8) is 0 Å². The third-order valence-corrected chi connectivity index (χ3v) is 3.21. The van der Waals surface area contributed by atoms with Crippen LogP contribution in [0.25, 0.3) is 0 Å². The molecule has 0 saturated heterocycles. The molecule has 2 rings (SSSR count). The molecule has 0 fully saturated rings. The molecule has 2 aromatic rings. The molecular formula is C12H11N3O3S. The van der Waals surface area contributed by atoms with Crippen LogP contribution in [0.15, 0.2) is 34.3 Å². The highest BCUT2D eigenvalue weighted by Gasteiger charge is 2.06. The van der Waals surface area contributed by atoms with E-state index in [1.807, 2.05) is 0 Å². The van der Waals surface area contributed by atoms with Gasteiger partial charge in [0.1, 0.15) is 5.69 Å². The minimum atomic E-state index is -1.06. The third-order valence-electron chi connectivity index (χ3n) is 2.27. The number of aryl methyl sites for hydroxylation is 1. The first kappa shape index (κ1) is 13.3. The van der Waals surface area contributed by atoms with Gasteiger partial charge < -0.3 is 10.1 Å². The van der Waals surface area contributed by atoms with E-state index in [-0.39, 0.29) is 11.3 Å². The summed E-state index contributed by atoms with van der Waals surface area (Å²) in [6, 6.07) is 4.65. The lowest BCUT2D eigenvalue weighted by atomic mass is 10.2. The van der Waals surface area contributed by atoms with E-state index < -0.39 is 5.97 Å². The molecule has 2 heterocycles. The summed E-state index contributed by atoms with van der Waals surface area (Å²) < 4.78 is 0. The second-order valence-corrected chi connectivity index (χ2v) is 4.80. The van der Waals surface area contributed by atoms with Crippen molar-refractivity contribution < 1.29 is 9.90 Å². The molecule has 0 aliphatic heterocycles. The number of thioether (sulfide) groups is 1. The Labute approximate surface area is 112 Å². The summed E-state index contributed by atoms with van der Waals surface area (Å²) in [5.74, 6) is -0.552. The van der Waals surface area contributed by atoms with Crippen LogP contribution in [0.1, 0.15) is 21.7 Å². The molecule has 2 N–H and O–H groups in total. The zero-order valence-corrected chi connectivity index (χ0v) is 10.9. The summed E-state index contributed by atoms with van der Waals surface area (Å²) in [5.41, 5.74) is 1.26. The molecule has 98 valence electrons. The summed E-state index contributed by atoms with van der Waals surface area (Å²) in [5, 5.41) is 9.35. The Hall–Kier alpha value is -2.15. The highest BCUT2D eigenvalue weighted by Crippen LogP contribution is 2.18. The summed E-state index contributed by atoms with van der Waals surface area (Å²) >= 11 is 1.33.